The van der Waals surface area contributed by atoms with Crippen LogP contribution in [0.3, 0.4) is 0 Å². The Bertz CT molecular complexity index is 366. The van der Waals surface area contributed by atoms with Crippen molar-refractivity contribution in [2.45, 2.75) is 57.9 Å². The molecule has 2 unspecified atom stereocenters. The van der Waals surface area contributed by atoms with Gasteiger partial charge < -0.3 is 15.7 Å². The van der Waals surface area contributed by atoms with Gasteiger partial charge in [-0.15, -0.1) is 11.8 Å². The first-order chi connectivity index (χ1) is 9.03. The highest BCUT2D eigenvalue weighted by Gasteiger charge is 2.22. The van der Waals surface area contributed by atoms with Gasteiger partial charge in [-0.3, -0.25) is 9.59 Å². The van der Waals surface area contributed by atoms with Gasteiger partial charge in [0, 0.05) is 12.5 Å². The van der Waals surface area contributed by atoms with Crippen LogP contribution in [0, 0.1) is 0 Å². The van der Waals surface area contributed by atoms with E-state index in [2.05, 4.69) is 10.6 Å². The standard InChI is InChI=1S/C13H24N2O4S/c1-8(11(17)15-13(3,4)5)20-7-6-10(12(18)19)14-9(2)16/h8,10H,6-7H2,1-5H3,(H,14,16)(H,15,17)(H,18,19). The molecule has 116 valence electrons. The van der Waals surface area contributed by atoms with Crippen molar-refractivity contribution in [1.29, 1.82) is 0 Å². The smallest absolute Gasteiger partial charge is 0.326 e. The normalized spacial score (nSPS) is 14.2. The Morgan fingerprint density at radius 3 is 2.20 bits per heavy atom. The number of carbonyl (C=O) groups excluding carboxylic acids is 2. The van der Waals surface area contributed by atoms with Crippen molar-refractivity contribution in [1.82, 2.24) is 10.6 Å². The second-order valence-corrected chi connectivity index (χ2v) is 7.08. The van der Waals surface area contributed by atoms with Gasteiger partial charge in [0.15, 0.2) is 0 Å². The van der Waals surface area contributed by atoms with E-state index in [1.165, 1.54) is 18.7 Å². The average Bonchev–Trinajstić information content (AvgIpc) is 2.24. The first kappa shape index (κ1) is 18.8. The van der Waals surface area contributed by atoms with Gasteiger partial charge in [-0.25, -0.2) is 4.79 Å². The quantitative estimate of drug-likeness (QED) is 0.652. The summed E-state index contributed by atoms with van der Waals surface area (Å²) in [5.41, 5.74) is -0.286. The van der Waals surface area contributed by atoms with Crippen LogP contribution in [0.1, 0.15) is 41.0 Å². The third kappa shape index (κ3) is 8.79. The van der Waals surface area contributed by atoms with Crippen LogP contribution in [-0.4, -0.2) is 45.5 Å². The largest absolute Gasteiger partial charge is 0.480 e. The summed E-state index contributed by atoms with van der Waals surface area (Å²) in [6.45, 7) is 8.76. The monoisotopic (exact) mass is 304 g/mol. The molecule has 20 heavy (non-hydrogen) atoms. The molecule has 0 aromatic carbocycles. The number of amides is 2. The van der Waals surface area contributed by atoms with Crippen LogP contribution in [-0.2, 0) is 14.4 Å². The molecular weight excluding hydrogens is 280 g/mol. The molecule has 0 aliphatic carbocycles. The van der Waals surface area contributed by atoms with Gasteiger partial charge in [-0.1, -0.05) is 0 Å². The van der Waals surface area contributed by atoms with E-state index in [4.69, 9.17) is 5.11 Å². The zero-order chi connectivity index (χ0) is 15.9. The zero-order valence-electron chi connectivity index (χ0n) is 12.6. The lowest BCUT2D eigenvalue weighted by molar-refractivity contribution is -0.141. The maximum absolute atomic E-state index is 11.8. The van der Waals surface area contributed by atoms with Crippen LogP contribution in [0.2, 0.25) is 0 Å². The number of carbonyl (C=O) groups is 3. The maximum atomic E-state index is 11.8. The molecule has 0 rings (SSSR count). The lowest BCUT2D eigenvalue weighted by Gasteiger charge is -2.23. The van der Waals surface area contributed by atoms with E-state index in [0.717, 1.165) is 0 Å². The number of aliphatic carboxylic acids is 1. The summed E-state index contributed by atoms with van der Waals surface area (Å²) < 4.78 is 0. The molecule has 7 heteroatoms. The van der Waals surface area contributed by atoms with Crippen molar-refractivity contribution in [2.75, 3.05) is 5.75 Å². The van der Waals surface area contributed by atoms with Crippen molar-refractivity contribution >= 4 is 29.5 Å². The first-order valence-corrected chi connectivity index (χ1v) is 7.51. The highest BCUT2D eigenvalue weighted by molar-refractivity contribution is 8.00. The summed E-state index contributed by atoms with van der Waals surface area (Å²) in [5, 5.41) is 13.9. The molecule has 0 radical (unpaired) electrons. The van der Waals surface area contributed by atoms with Gasteiger partial charge in [0.1, 0.15) is 6.04 Å². The minimum atomic E-state index is -1.06. The van der Waals surface area contributed by atoms with Crippen molar-refractivity contribution in [3.8, 4) is 0 Å². The Morgan fingerprint density at radius 2 is 1.80 bits per heavy atom. The number of thioether (sulfide) groups is 1. The Kier molecular flexibility index (Phi) is 7.63. The molecular formula is C13H24N2O4S. The molecule has 0 saturated heterocycles. The number of carboxylic acids is 1. The SMILES string of the molecule is CC(=O)NC(CCSC(C)C(=O)NC(C)(C)C)C(=O)O. The lowest BCUT2D eigenvalue weighted by Crippen LogP contribution is -2.44. The van der Waals surface area contributed by atoms with E-state index >= 15 is 0 Å². The Balaban J connectivity index is 4.17. The van der Waals surface area contributed by atoms with Crippen molar-refractivity contribution in [3.63, 3.8) is 0 Å². The van der Waals surface area contributed by atoms with E-state index in [9.17, 15) is 14.4 Å². The van der Waals surface area contributed by atoms with Crippen LogP contribution in [0.25, 0.3) is 0 Å². The van der Waals surface area contributed by atoms with Crippen LogP contribution in [0.4, 0.5) is 0 Å². The summed E-state index contributed by atoms with van der Waals surface area (Å²) in [5.74, 6) is -1.03. The fraction of sp³-hybridized carbons (Fsp3) is 0.769. The summed E-state index contributed by atoms with van der Waals surface area (Å²) in [6, 6.07) is -0.905. The van der Waals surface area contributed by atoms with E-state index in [-0.39, 0.29) is 29.0 Å². The minimum Gasteiger partial charge on any atom is -0.480 e. The van der Waals surface area contributed by atoms with Crippen molar-refractivity contribution in [2.24, 2.45) is 0 Å². The van der Waals surface area contributed by atoms with Gasteiger partial charge in [-0.2, -0.15) is 0 Å². The predicted molar refractivity (Wildman–Crippen MR) is 79.7 cm³/mol. The summed E-state index contributed by atoms with van der Waals surface area (Å²) in [4.78, 5) is 33.6. The lowest BCUT2D eigenvalue weighted by atomic mass is 10.1. The maximum Gasteiger partial charge on any atom is 0.326 e. The van der Waals surface area contributed by atoms with Gasteiger partial charge in [0.2, 0.25) is 11.8 Å². The van der Waals surface area contributed by atoms with Gasteiger partial charge >= 0.3 is 5.97 Å². The molecule has 3 N–H and O–H groups in total. The molecule has 6 nitrogen and oxygen atoms in total. The average molecular weight is 304 g/mol. The number of carboxylic acid groups (broad SMARTS) is 1. The molecule has 2 atom stereocenters. The second kappa shape index (κ2) is 8.14. The Hall–Kier alpha value is -1.24. The molecule has 0 saturated carbocycles. The fourth-order valence-corrected chi connectivity index (χ4v) is 2.35. The van der Waals surface area contributed by atoms with E-state index in [0.29, 0.717) is 5.75 Å². The molecule has 2 amide bonds. The van der Waals surface area contributed by atoms with Crippen LogP contribution in [0.5, 0.6) is 0 Å². The highest BCUT2D eigenvalue weighted by Crippen LogP contribution is 2.14. The Labute approximate surface area is 124 Å². The number of nitrogens with one attached hydrogen (secondary N) is 2. The van der Waals surface area contributed by atoms with Gasteiger partial charge in [-0.05, 0) is 39.9 Å². The third-order valence-corrected chi connectivity index (χ3v) is 3.50. The molecule has 0 heterocycles. The summed E-state index contributed by atoms with van der Waals surface area (Å²) in [6.07, 6.45) is 0.284. The zero-order valence-corrected chi connectivity index (χ0v) is 13.5. The molecule has 0 aliphatic heterocycles. The highest BCUT2D eigenvalue weighted by atomic mass is 32.2. The van der Waals surface area contributed by atoms with E-state index in [1.54, 1.807) is 6.92 Å². The van der Waals surface area contributed by atoms with Gasteiger partial charge in [0.25, 0.3) is 0 Å². The minimum absolute atomic E-state index is 0.0751. The van der Waals surface area contributed by atoms with E-state index < -0.39 is 12.0 Å². The molecule has 0 fully saturated rings. The topological polar surface area (TPSA) is 95.5 Å². The van der Waals surface area contributed by atoms with Crippen molar-refractivity contribution in [3.05, 3.63) is 0 Å². The van der Waals surface area contributed by atoms with Crippen molar-refractivity contribution < 1.29 is 19.5 Å². The second-order valence-electron chi connectivity index (χ2n) is 5.63. The molecule has 0 aliphatic rings. The summed E-state index contributed by atoms with van der Waals surface area (Å²) in [7, 11) is 0. The Morgan fingerprint density at radius 1 is 1.25 bits per heavy atom. The van der Waals surface area contributed by atoms with Crippen LogP contribution in [0.15, 0.2) is 0 Å². The molecule has 0 aromatic heterocycles. The fourth-order valence-electron chi connectivity index (χ4n) is 1.41. The van der Waals surface area contributed by atoms with Gasteiger partial charge in [0.05, 0.1) is 5.25 Å². The number of rotatable bonds is 7. The van der Waals surface area contributed by atoms with Crippen LogP contribution < -0.4 is 10.6 Å². The third-order valence-electron chi connectivity index (χ3n) is 2.32. The first-order valence-electron chi connectivity index (χ1n) is 6.46. The summed E-state index contributed by atoms with van der Waals surface area (Å²) >= 11 is 1.37. The number of hydrogen-bond acceptors (Lipinski definition) is 4. The van der Waals surface area contributed by atoms with Crippen LogP contribution >= 0.6 is 11.8 Å². The van der Waals surface area contributed by atoms with E-state index in [1.807, 2.05) is 20.8 Å². The number of hydrogen-bond donors (Lipinski definition) is 3. The molecule has 0 spiro atoms. The molecule has 0 bridgehead atoms. The molecule has 0 aromatic rings. The predicted octanol–water partition coefficient (Wildman–Crippen LogP) is 1.00.